The van der Waals surface area contributed by atoms with Crippen LogP contribution in [-0.2, 0) is 22.3 Å². The monoisotopic (exact) mass is 449 g/mol. The topological polar surface area (TPSA) is 91.7 Å². The van der Waals surface area contributed by atoms with Gasteiger partial charge in [0.1, 0.15) is 19.8 Å². The molecule has 1 aromatic heterocycles. The van der Waals surface area contributed by atoms with Gasteiger partial charge in [0, 0.05) is 17.8 Å². The van der Waals surface area contributed by atoms with Gasteiger partial charge in [-0.1, -0.05) is 0 Å². The molecule has 0 unspecified atom stereocenters. The van der Waals surface area contributed by atoms with Crippen LogP contribution in [-0.4, -0.2) is 41.2 Å². The molecule has 1 aliphatic rings. The van der Waals surface area contributed by atoms with E-state index in [2.05, 4.69) is 10.3 Å². The van der Waals surface area contributed by atoms with Crippen LogP contribution < -0.4 is 14.8 Å². The van der Waals surface area contributed by atoms with E-state index in [9.17, 15) is 22.8 Å². The number of halogens is 3. The third kappa shape index (κ3) is 4.32. The van der Waals surface area contributed by atoms with Crippen molar-refractivity contribution in [3.63, 3.8) is 0 Å². The van der Waals surface area contributed by atoms with E-state index in [1.54, 1.807) is 6.92 Å². The van der Waals surface area contributed by atoms with Crippen LogP contribution in [0.4, 0.5) is 18.9 Å². The lowest BCUT2D eigenvalue weighted by Crippen LogP contribution is -2.23. The number of rotatable bonds is 5. The number of carbonyl (C=O) groups is 2. The normalized spacial score (nSPS) is 13.1. The predicted octanol–water partition coefficient (Wildman–Crippen LogP) is 3.64. The standard InChI is InChI=1S/C21H18F3N3O5/c1-2-30-19(29)12-3-5-13(6-4-12)25-18(28)11-27-15-10-17-16(31-7-8-32-17)9-14(15)26-20(27)21(22,23)24/h3-6,9-10H,2,7-8,11H2,1H3,(H,25,28). The Kier molecular flexibility index (Phi) is 5.64. The number of ether oxygens (including phenoxy) is 3. The summed E-state index contributed by atoms with van der Waals surface area (Å²) >= 11 is 0. The van der Waals surface area contributed by atoms with Crippen molar-refractivity contribution in [3.8, 4) is 11.5 Å². The number of fused-ring (bicyclic) bond motifs is 2. The van der Waals surface area contributed by atoms with Crippen molar-refractivity contribution in [2.45, 2.75) is 19.6 Å². The lowest BCUT2D eigenvalue weighted by atomic mass is 10.2. The molecule has 0 spiro atoms. The molecule has 0 atom stereocenters. The number of nitrogens with zero attached hydrogens (tertiary/aromatic N) is 2. The zero-order valence-electron chi connectivity index (χ0n) is 16.9. The van der Waals surface area contributed by atoms with E-state index in [1.807, 2.05) is 0 Å². The summed E-state index contributed by atoms with van der Waals surface area (Å²) in [5.74, 6) is -1.84. The molecule has 168 valence electrons. The number of benzene rings is 2. The summed E-state index contributed by atoms with van der Waals surface area (Å²) < 4.78 is 57.3. The largest absolute Gasteiger partial charge is 0.486 e. The Morgan fingerprint density at radius 3 is 2.41 bits per heavy atom. The fourth-order valence-corrected chi connectivity index (χ4v) is 3.29. The summed E-state index contributed by atoms with van der Waals surface area (Å²) in [5.41, 5.74) is 0.731. The number of alkyl halides is 3. The number of anilines is 1. The minimum absolute atomic E-state index is 0.0353. The first-order valence-corrected chi connectivity index (χ1v) is 9.70. The summed E-state index contributed by atoms with van der Waals surface area (Å²) in [5, 5.41) is 2.52. The average Bonchev–Trinajstić information content (AvgIpc) is 3.10. The molecule has 0 bridgehead atoms. The zero-order valence-corrected chi connectivity index (χ0v) is 16.9. The molecule has 4 rings (SSSR count). The maximum absolute atomic E-state index is 13.6. The lowest BCUT2D eigenvalue weighted by molar-refractivity contribution is -0.147. The average molecular weight is 449 g/mol. The van der Waals surface area contributed by atoms with Gasteiger partial charge in [-0.15, -0.1) is 0 Å². The van der Waals surface area contributed by atoms with Crippen molar-refractivity contribution in [1.82, 2.24) is 9.55 Å². The summed E-state index contributed by atoms with van der Waals surface area (Å²) in [6, 6.07) is 8.57. The van der Waals surface area contributed by atoms with Crippen molar-refractivity contribution >= 4 is 28.6 Å². The number of nitrogens with one attached hydrogen (secondary N) is 1. The number of imidazole rings is 1. The Labute approximate surface area is 179 Å². The minimum Gasteiger partial charge on any atom is -0.486 e. The Morgan fingerprint density at radius 2 is 1.78 bits per heavy atom. The van der Waals surface area contributed by atoms with Crippen LogP contribution in [0.25, 0.3) is 11.0 Å². The fourth-order valence-electron chi connectivity index (χ4n) is 3.29. The van der Waals surface area contributed by atoms with Gasteiger partial charge in [-0.3, -0.25) is 4.79 Å². The highest BCUT2D eigenvalue weighted by Gasteiger charge is 2.38. The first kappa shape index (κ1) is 21.5. The molecule has 2 heterocycles. The van der Waals surface area contributed by atoms with Crippen LogP contribution in [0, 0.1) is 0 Å². The Hall–Kier alpha value is -3.76. The molecular formula is C21H18F3N3O5. The van der Waals surface area contributed by atoms with Crippen molar-refractivity contribution in [3.05, 3.63) is 47.8 Å². The molecule has 3 aromatic rings. The third-order valence-electron chi connectivity index (χ3n) is 4.65. The van der Waals surface area contributed by atoms with Crippen LogP contribution in [0.1, 0.15) is 23.1 Å². The van der Waals surface area contributed by atoms with Gasteiger partial charge in [0.25, 0.3) is 0 Å². The van der Waals surface area contributed by atoms with E-state index in [1.165, 1.54) is 36.4 Å². The number of amides is 1. The Morgan fingerprint density at radius 1 is 1.12 bits per heavy atom. The summed E-state index contributed by atoms with van der Waals surface area (Å²) in [4.78, 5) is 27.9. The SMILES string of the molecule is CCOC(=O)c1ccc(NC(=O)Cn2c(C(F)(F)F)nc3cc4c(cc32)OCCO4)cc1. The van der Waals surface area contributed by atoms with Gasteiger partial charge in [0.2, 0.25) is 11.7 Å². The molecule has 1 aliphatic heterocycles. The summed E-state index contributed by atoms with van der Waals surface area (Å²) in [6.45, 7) is 1.81. The van der Waals surface area contributed by atoms with E-state index in [0.717, 1.165) is 4.57 Å². The fraction of sp³-hybridized carbons (Fsp3) is 0.286. The lowest BCUT2D eigenvalue weighted by Gasteiger charge is -2.18. The number of hydrogen-bond donors (Lipinski definition) is 1. The zero-order chi connectivity index (χ0) is 22.9. The van der Waals surface area contributed by atoms with E-state index in [-0.39, 0.29) is 42.2 Å². The molecule has 0 radical (unpaired) electrons. The molecule has 2 aromatic carbocycles. The van der Waals surface area contributed by atoms with Crippen molar-refractivity contribution in [2.24, 2.45) is 0 Å². The maximum atomic E-state index is 13.6. The molecule has 11 heteroatoms. The predicted molar refractivity (Wildman–Crippen MR) is 107 cm³/mol. The molecule has 8 nitrogen and oxygen atoms in total. The molecule has 0 saturated carbocycles. The maximum Gasteiger partial charge on any atom is 0.449 e. The van der Waals surface area contributed by atoms with Crippen LogP contribution in [0.5, 0.6) is 11.5 Å². The first-order chi connectivity index (χ1) is 15.3. The molecular weight excluding hydrogens is 431 g/mol. The third-order valence-corrected chi connectivity index (χ3v) is 4.65. The van der Waals surface area contributed by atoms with Gasteiger partial charge < -0.3 is 24.1 Å². The van der Waals surface area contributed by atoms with Gasteiger partial charge in [0.05, 0.1) is 23.2 Å². The molecule has 0 fully saturated rings. The molecule has 1 N–H and O–H groups in total. The first-order valence-electron chi connectivity index (χ1n) is 9.70. The second kappa shape index (κ2) is 8.40. The molecule has 32 heavy (non-hydrogen) atoms. The van der Waals surface area contributed by atoms with E-state index < -0.39 is 30.4 Å². The quantitative estimate of drug-likeness (QED) is 0.598. The second-order valence-electron chi connectivity index (χ2n) is 6.85. The van der Waals surface area contributed by atoms with Gasteiger partial charge >= 0.3 is 12.1 Å². The Bertz CT molecular complexity index is 1170. The second-order valence-corrected chi connectivity index (χ2v) is 6.85. The highest BCUT2D eigenvalue weighted by atomic mass is 19.4. The van der Waals surface area contributed by atoms with Gasteiger partial charge in [0.15, 0.2) is 11.5 Å². The highest BCUT2D eigenvalue weighted by molar-refractivity contribution is 5.94. The van der Waals surface area contributed by atoms with Gasteiger partial charge in [-0.05, 0) is 31.2 Å². The van der Waals surface area contributed by atoms with E-state index >= 15 is 0 Å². The van der Waals surface area contributed by atoms with Crippen LogP contribution in [0.15, 0.2) is 36.4 Å². The molecule has 0 saturated heterocycles. The van der Waals surface area contributed by atoms with Gasteiger partial charge in [-0.25, -0.2) is 9.78 Å². The Balaban J connectivity index is 1.60. The molecule has 1 amide bonds. The number of aromatic nitrogens is 2. The van der Waals surface area contributed by atoms with Crippen molar-refractivity contribution < 1.29 is 37.0 Å². The van der Waals surface area contributed by atoms with E-state index in [0.29, 0.717) is 11.4 Å². The van der Waals surface area contributed by atoms with Gasteiger partial charge in [-0.2, -0.15) is 13.2 Å². The smallest absolute Gasteiger partial charge is 0.449 e. The highest BCUT2D eigenvalue weighted by Crippen LogP contribution is 2.38. The van der Waals surface area contributed by atoms with Crippen molar-refractivity contribution in [2.75, 3.05) is 25.1 Å². The molecule has 0 aliphatic carbocycles. The number of hydrogen-bond acceptors (Lipinski definition) is 6. The number of carbonyl (C=O) groups excluding carboxylic acids is 2. The summed E-state index contributed by atoms with van der Waals surface area (Å²) in [7, 11) is 0. The van der Waals surface area contributed by atoms with Crippen molar-refractivity contribution in [1.29, 1.82) is 0 Å². The number of esters is 1. The van der Waals surface area contributed by atoms with Crippen LogP contribution in [0.3, 0.4) is 0 Å². The van der Waals surface area contributed by atoms with Crippen LogP contribution >= 0.6 is 0 Å². The van der Waals surface area contributed by atoms with Crippen LogP contribution in [0.2, 0.25) is 0 Å². The minimum atomic E-state index is -4.77. The summed E-state index contributed by atoms with van der Waals surface area (Å²) in [6.07, 6.45) is -4.77. The van der Waals surface area contributed by atoms with E-state index in [4.69, 9.17) is 14.2 Å².